The first kappa shape index (κ1) is 19.1. The van der Waals surface area contributed by atoms with Crippen molar-refractivity contribution in [3.8, 4) is 17.6 Å². The van der Waals surface area contributed by atoms with E-state index < -0.39 is 0 Å². The van der Waals surface area contributed by atoms with Gasteiger partial charge in [0.1, 0.15) is 0 Å². The molecule has 7 heteroatoms. The molecule has 0 aliphatic carbocycles. The minimum absolute atomic E-state index is 0. The molecular weight excluding hydrogens is 250 g/mol. The van der Waals surface area contributed by atoms with Gasteiger partial charge in [0.25, 0.3) is 11.8 Å². The first-order valence-corrected chi connectivity index (χ1v) is 6.47. The van der Waals surface area contributed by atoms with Crippen molar-refractivity contribution < 1.29 is 33.1 Å². The zero-order chi connectivity index (χ0) is 14.6. The molecule has 3 radical (unpaired) electrons. The second kappa shape index (κ2) is 8.43. The van der Waals surface area contributed by atoms with E-state index >= 15 is 0 Å². The van der Waals surface area contributed by atoms with Crippen molar-refractivity contribution in [1.82, 2.24) is 9.97 Å². The van der Waals surface area contributed by atoms with E-state index in [-0.39, 0.29) is 54.5 Å². The fraction of sp³-hybridized carbons (Fsp3) is 0.692. The van der Waals surface area contributed by atoms with E-state index in [0.717, 1.165) is 0 Å². The smallest absolute Gasteiger partial charge is 0.545 e. The van der Waals surface area contributed by atoms with Crippen LogP contribution in [0.5, 0.6) is 17.6 Å². The topological polar surface area (TPSA) is 53.5 Å². The molecule has 0 saturated carbocycles. The van der Waals surface area contributed by atoms with E-state index in [0.29, 0.717) is 5.88 Å². The number of hydrogen-bond donors (Lipinski definition) is 0. The van der Waals surface area contributed by atoms with Gasteiger partial charge in [-0.1, -0.05) is 0 Å². The fourth-order valence-electron chi connectivity index (χ4n) is 1.31. The molecule has 105 valence electrons. The molecule has 1 aromatic heterocycles. The Morgan fingerprint density at radius 3 is 1.45 bits per heavy atom. The Labute approximate surface area is 134 Å². The summed E-state index contributed by atoms with van der Waals surface area (Å²) in [6, 6.07) is 0. The van der Waals surface area contributed by atoms with Gasteiger partial charge in [-0.2, -0.15) is 10.6 Å². The summed E-state index contributed by atoms with van der Waals surface area (Å²) in [6.07, 6.45) is -0.125. The van der Waals surface area contributed by atoms with Crippen LogP contribution in [0, 0.1) is 0 Å². The van der Waals surface area contributed by atoms with E-state index in [4.69, 9.17) is 22.1 Å². The predicted molar refractivity (Wildman–Crippen MR) is 74.7 cm³/mol. The van der Waals surface area contributed by atoms with Gasteiger partial charge in [-0.3, -0.25) is 4.98 Å². The summed E-state index contributed by atoms with van der Waals surface area (Å²) in [6.45, 7) is 11.4. The summed E-state index contributed by atoms with van der Waals surface area (Å²) in [5.41, 5.74) is 0.195. The van der Waals surface area contributed by atoms with Crippen LogP contribution in [0.2, 0.25) is 0 Å². The van der Waals surface area contributed by atoms with E-state index in [1.54, 1.807) is 0 Å². The summed E-state index contributed by atoms with van der Waals surface area (Å²) in [5, 5.41) is 0. The van der Waals surface area contributed by atoms with Crippen molar-refractivity contribution in [1.29, 1.82) is 0 Å². The van der Waals surface area contributed by atoms with Gasteiger partial charge in [0.2, 0.25) is 0 Å². The molecule has 0 amide bonds. The molecule has 0 N–H and O–H groups in total. The molecule has 0 spiro atoms. The fourth-order valence-corrected chi connectivity index (χ4v) is 1.31. The zero-order valence-electron chi connectivity index (χ0n) is 13.4. The molecule has 0 aliphatic rings. The molecule has 1 heterocycles. The van der Waals surface area contributed by atoms with Gasteiger partial charge < -0.3 is 22.1 Å². The minimum Gasteiger partial charge on any atom is -0.545 e. The molecule has 0 fully saturated rings. The zero-order valence-corrected chi connectivity index (χ0v) is 13.4. The van der Waals surface area contributed by atoms with Crippen molar-refractivity contribution in [2.24, 2.45) is 0 Å². The second-order valence-electron chi connectivity index (χ2n) is 5.02. The van der Waals surface area contributed by atoms with E-state index in [1.807, 2.05) is 41.5 Å². The van der Waals surface area contributed by atoms with Crippen LogP contribution in [-0.4, -0.2) is 36.1 Å². The largest absolute Gasteiger partial charge is 1.00 e. The van der Waals surface area contributed by atoms with Crippen LogP contribution in [0.4, 0.5) is 0 Å². The number of aromatic nitrogens is 2. The van der Waals surface area contributed by atoms with Gasteiger partial charge in [0.05, 0.1) is 18.3 Å². The van der Waals surface area contributed by atoms with Gasteiger partial charge in [-0.15, -0.1) is 0 Å². The predicted octanol–water partition coefficient (Wildman–Crippen LogP) is -1.36. The quantitative estimate of drug-likeness (QED) is 0.598. The minimum atomic E-state index is -0.0423. The normalized spacial score (nSPS) is 10.7. The molecule has 1 rings (SSSR count). The Hall–Kier alpha value is -0.858. The number of rotatable bonds is 6. The molecule has 0 atom stereocenters. The number of hydrogen-bond acceptors (Lipinski definition) is 5. The van der Waals surface area contributed by atoms with Crippen molar-refractivity contribution >= 4 is 13.4 Å². The van der Waals surface area contributed by atoms with Gasteiger partial charge in [-0.05, 0) is 41.5 Å². The van der Waals surface area contributed by atoms with Gasteiger partial charge in [0, 0.05) is 0 Å². The van der Waals surface area contributed by atoms with E-state index in [2.05, 4.69) is 9.97 Å². The van der Waals surface area contributed by atoms with Gasteiger partial charge >= 0.3 is 18.9 Å². The third-order valence-corrected chi connectivity index (χ3v) is 1.87. The molecule has 0 bridgehead atoms. The van der Waals surface area contributed by atoms with Crippen LogP contribution < -0.4 is 38.7 Å². The average molecular weight is 271 g/mol. The summed E-state index contributed by atoms with van der Waals surface area (Å²) in [7, 11) is 5.81. The monoisotopic (exact) mass is 271 g/mol. The van der Waals surface area contributed by atoms with Gasteiger partial charge in [0.15, 0.2) is 5.88 Å². The van der Waals surface area contributed by atoms with Gasteiger partial charge in [-0.25, -0.2) is 0 Å². The third-order valence-electron chi connectivity index (χ3n) is 1.87. The van der Waals surface area contributed by atoms with E-state index in [9.17, 15) is 0 Å². The molecule has 0 aliphatic heterocycles. The maximum atomic E-state index is 5.81. The summed E-state index contributed by atoms with van der Waals surface area (Å²) in [5.74, 6) is 0.854. The maximum Gasteiger partial charge on any atom is 1.00 e. The van der Waals surface area contributed by atoms with Crippen LogP contribution in [0.3, 0.4) is 0 Å². The van der Waals surface area contributed by atoms with Crippen LogP contribution in [0.1, 0.15) is 41.5 Å². The van der Waals surface area contributed by atoms with Crippen LogP contribution in [0.15, 0.2) is 0 Å². The molecule has 0 saturated heterocycles. The maximum absolute atomic E-state index is 5.81. The second-order valence-corrected chi connectivity index (χ2v) is 5.02. The van der Waals surface area contributed by atoms with Crippen LogP contribution in [-0.2, 0) is 0 Å². The summed E-state index contributed by atoms with van der Waals surface area (Å²) >= 11 is 0. The number of nitrogens with zero attached hydrogens (tertiary/aromatic N) is 2. The number of ether oxygens (including phenoxy) is 3. The Kier molecular flexibility index (Phi) is 8.07. The Bertz CT molecular complexity index is 428. The summed E-state index contributed by atoms with van der Waals surface area (Å²) in [4.78, 5) is 8.41. The molecule has 5 nitrogen and oxygen atoms in total. The van der Waals surface area contributed by atoms with Crippen molar-refractivity contribution in [3.63, 3.8) is 0 Å². The van der Waals surface area contributed by atoms with Crippen molar-refractivity contribution in [3.05, 3.63) is 0 Å². The van der Waals surface area contributed by atoms with Crippen molar-refractivity contribution in [2.75, 3.05) is 0 Å². The Morgan fingerprint density at radius 1 is 0.700 bits per heavy atom. The van der Waals surface area contributed by atoms with E-state index in [1.165, 1.54) is 0 Å². The van der Waals surface area contributed by atoms with Crippen LogP contribution in [0.25, 0.3) is 0 Å². The van der Waals surface area contributed by atoms with Crippen LogP contribution >= 0.6 is 0 Å². The van der Waals surface area contributed by atoms with Crippen molar-refractivity contribution in [2.45, 2.75) is 59.9 Å². The molecule has 0 aromatic carbocycles. The Balaban J connectivity index is 0.00000361. The third kappa shape index (κ3) is 6.06. The average Bonchev–Trinajstić information content (AvgIpc) is 2.22. The SMILES string of the molecule is [B-]c1nc(OC(C)C)c(OC(C)C)nc1OC(C)C.[Li+]. The Morgan fingerprint density at radius 2 is 1.05 bits per heavy atom. The molecule has 0 unspecified atom stereocenters. The summed E-state index contributed by atoms with van der Waals surface area (Å²) < 4.78 is 16.6. The first-order valence-electron chi connectivity index (χ1n) is 6.47. The first-order chi connectivity index (χ1) is 8.79. The molecule has 20 heavy (non-hydrogen) atoms. The molecular formula is C13H21BLiN2O3. The molecule has 1 aromatic rings. The standard InChI is InChI=1S/C13H21BN2O3.Li/c1-7(2)17-11-10(14)15-12(18-8(3)4)13(16-11)19-9(5)6;/h7-9H,1-6H3;/q-1;+1.